The van der Waals surface area contributed by atoms with Crippen LogP contribution in [0, 0.1) is 5.92 Å². The van der Waals surface area contributed by atoms with Gasteiger partial charge in [-0.3, -0.25) is 0 Å². The second kappa shape index (κ2) is 7.98. The van der Waals surface area contributed by atoms with Crippen LogP contribution < -0.4 is 0 Å². The van der Waals surface area contributed by atoms with Gasteiger partial charge in [0.15, 0.2) is 8.32 Å². The smallest absolute Gasteiger partial charge is 0.241 e. The SMILES string of the molecule is C=CCC(CC(CCC)C(F)F)O[Si](C)(C)C. The molecule has 0 aromatic carbocycles. The van der Waals surface area contributed by atoms with Gasteiger partial charge < -0.3 is 4.43 Å². The van der Waals surface area contributed by atoms with Crippen LogP contribution in [0.5, 0.6) is 0 Å². The molecule has 2 unspecified atom stereocenters. The summed E-state index contributed by atoms with van der Waals surface area (Å²) in [4.78, 5) is 0. The van der Waals surface area contributed by atoms with Crippen LogP contribution >= 0.6 is 0 Å². The van der Waals surface area contributed by atoms with Crippen LogP contribution in [0.1, 0.15) is 32.6 Å². The van der Waals surface area contributed by atoms with Crippen molar-refractivity contribution in [3.63, 3.8) is 0 Å². The third kappa shape index (κ3) is 8.49. The van der Waals surface area contributed by atoms with E-state index in [4.69, 9.17) is 4.43 Å². The fraction of sp³-hybridized carbons (Fsp3) is 0.846. The minimum Gasteiger partial charge on any atom is -0.414 e. The Balaban J connectivity index is 4.43. The lowest BCUT2D eigenvalue weighted by Crippen LogP contribution is -2.34. The molecule has 0 aromatic heterocycles. The summed E-state index contributed by atoms with van der Waals surface area (Å²) in [6, 6.07) is 0. The number of alkyl halides is 2. The summed E-state index contributed by atoms with van der Waals surface area (Å²) in [5.74, 6) is -0.540. The molecular weight excluding hydrogens is 238 g/mol. The summed E-state index contributed by atoms with van der Waals surface area (Å²) < 4.78 is 31.6. The highest BCUT2D eigenvalue weighted by molar-refractivity contribution is 6.69. The van der Waals surface area contributed by atoms with E-state index in [-0.39, 0.29) is 6.10 Å². The van der Waals surface area contributed by atoms with Crippen LogP contribution in [0.2, 0.25) is 19.6 Å². The summed E-state index contributed by atoms with van der Waals surface area (Å²) in [5.41, 5.74) is 0. The Hall–Kier alpha value is -0.223. The predicted molar refractivity (Wildman–Crippen MR) is 72.1 cm³/mol. The molecule has 0 amide bonds. The van der Waals surface area contributed by atoms with Crippen molar-refractivity contribution < 1.29 is 13.2 Å². The lowest BCUT2D eigenvalue weighted by molar-refractivity contribution is 0.0396. The maximum Gasteiger partial charge on any atom is 0.241 e. The quantitative estimate of drug-likeness (QED) is 0.427. The van der Waals surface area contributed by atoms with Gasteiger partial charge in [-0.15, -0.1) is 6.58 Å². The summed E-state index contributed by atoms with van der Waals surface area (Å²) in [6.45, 7) is 11.9. The van der Waals surface area contributed by atoms with Crippen LogP contribution in [0.4, 0.5) is 8.78 Å². The molecule has 1 nitrogen and oxygen atoms in total. The molecule has 0 N–H and O–H groups in total. The first-order valence-corrected chi connectivity index (χ1v) is 9.77. The van der Waals surface area contributed by atoms with Gasteiger partial charge in [-0.05, 0) is 38.9 Å². The van der Waals surface area contributed by atoms with Crippen molar-refractivity contribution in [1.82, 2.24) is 0 Å². The standard InChI is InChI=1S/C13H26F2OSi/c1-6-8-11(13(14)15)10-12(9-7-2)16-17(3,4)5/h7,11-13H,2,6,8-10H2,1,3-5H3. The van der Waals surface area contributed by atoms with Gasteiger partial charge in [0, 0.05) is 12.0 Å². The van der Waals surface area contributed by atoms with E-state index in [1.807, 2.05) is 6.92 Å². The van der Waals surface area contributed by atoms with Crippen molar-refractivity contribution in [2.24, 2.45) is 5.92 Å². The number of halogens is 2. The molecule has 0 rings (SSSR count). The largest absolute Gasteiger partial charge is 0.414 e. The topological polar surface area (TPSA) is 9.23 Å². The van der Waals surface area contributed by atoms with Gasteiger partial charge in [0.25, 0.3) is 0 Å². The maximum atomic E-state index is 12.8. The Morgan fingerprint density at radius 3 is 2.24 bits per heavy atom. The highest BCUT2D eigenvalue weighted by Crippen LogP contribution is 2.25. The Labute approximate surface area is 105 Å². The minimum absolute atomic E-state index is 0.0929. The van der Waals surface area contributed by atoms with Gasteiger partial charge in [0.2, 0.25) is 6.43 Å². The highest BCUT2D eigenvalue weighted by Gasteiger charge is 2.27. The van der Waals surface area contributed by atoms with Crippen LogP contribution in [0.25, 0.3) is 0 Å². The zero-order chi connectivity index (χ0) is 13.5. The van der Waals surface area contributed by atoms with Crippen molar-refractivity contribution in [3.05, 3.63) is 12.7 Å². The normalized spacial score (nSPS) is 15.9. The fourth-order valence-electron chi connectivity index (χ4n) is 1.93. The van der Waals surface area contributed by atoms with Gasteiger partial charge in [-0.1, -0.05) is 19.4 Å². The first-order chi connectivity index (χ1) is 7.80. The summed E-state index contributed by atoms with van der Waals surface area (Å²) >= 11 is 0. The van der Waals surface area contributed by atoms with Crippen LogP contribution in [-0.4, -0.2) is 20.8 Å². The van der Waals surface area contributed by atoms with E-state index >= 15 is 0 Å². The third-order valence-corrected chi connectivity index (χ3v) is 3.57. The molecule has 0 aromatic rings. The molecule has 4 heteroatoms. The molecule has 17 heavy (non-hydrogen) atoms. The second-order valence-corrected chi connectivity index (χ2v) is 9.96. The molecule has 0 fully saturated rings. The van der Waals surface area contributed by atoms with E-state index in [1.165, 1.54) is 0 Å². The van der Waals surface area contributed by atoms with Gasteiger partial charge in [0.1, 0.15) is 0 Å². The highest BCUT2D eigenvalue weighted by atomic mass is 28.4. The van der Waals surface area contributed by atoms with Crippen LogP contribution in [0.15, 0.2) is 12.7 Å². The zero-order valence-corrected chi connectivity index (χ0v) is 12.5. The molecule has 0 saturated heterocycles. The molecule has 0 radical (unpaired) electrons. The maximum absolute atomic E-state index is 12.8. The van der Waals surface area contributed by atoms with Gasteiger partial charge in [0.05, 0.1) is 0 Å². The van der Waals surface area contributed by atoms with E-state index in [0.717, 1.165) is 6.42 Å². The number of hydrogen-bond donors (Lipinski definition) is 0. The molecule has 0 spiro atoms. The number of hydrogen-bond acceptors (Lipinski definition) is 1. The van der Waals surface area contributed by atoms with Crippen LogP contribution in [-0.2, 0) is 4.43 Å². The van der Waals surface area contributed by atoms with Crippen molar-refractivity contribution >= 4 is 8.32 Å². The van der Waals surface area contributed by atoms with Crippen molar-refractivity contribution in [3.8, 4) is 0 Å². The molecule has 0 aliphatic rings. The molecule has 102 valence electrons. The van der Waals surface area contributed by atoms with Gasteiger partial charge in [-0.25, -0.2) is 8.78 Å². The van der Waals surface area contributed by atoms with Gasteiger partial charge in [-0.2, -0.15) is 0 Å². The molecule has 2 atom stereocenters. The van der Waals surface area contributed by atoms with E-state index < -0.39 is 20.7 Å². The lowest BCUT2D eigenvalue weighted by Gasteiger charge is -2.28. The molecule has 0 bridgehead atoms. The average molecular weight is 264 g/mol. The first kappa shape index (κ1) is 16.8. The van der Waals surface area contributed by atoms with Crippen molar-refractivity contribution in [2.45, 2.75) is 64.8 Å². The summed E-state index contributed by atoms with van der Waals surface area (Å²) in [6.07, 6.45) is 1.90. The van der Waals surface area contributed by atoms with Crippen molar-refractivity contribution in [1.29, 1.82) is 0 Å². The van der Waals surface area contributed by atoms with Crippen molar-refractivity contribution in [2.75, 3.05) is 0 Å². The monoisotopic (exact) mass is 264 g/mol. The number of rotatable bonds is 9. The van der Waals surface area contributed by atoms with E-state index in [9.17, 15) is 8.78 Å². The Kier molecular flexibility index (Phi) is 7.88. The summed E-state index contributed by atoms with van der Waals surface area (Å²) in [5, 5.41) is 0. The molecule has 0 aliphatic carbocycles. The zero-order valence-electron chi connectivity index (χ0n) is 11.5. The molecular formula is C13H26F2OSi. The Morgan fingerprint density at radius 2 is 1.88 bits per heavy atom. The van der Waals surface area contributed by atoms with E-state index in [1.54, 1.807) is 6.08 Å². The minimum atomic E-state index is -2.24. The first-order valence-electron chi connectivity index (χ1n) is 6.37. The van der Waals surface area contributed by atoms with E-state index in [0.29, 0.717) is 19.3 Å². The predicted octanol–water partition coefficient (Wildman–Crippen LogP) is 4.85. The average Bonchev–Trinajstić information content (AvgIpc) is 2.14. The summed E-state index contributed by atoms with van der Waals surface area (Å²) in [7, 11) is -1.67. The van der Waals surface area contributed by atoms with Crippen LogP contribution in [0.3, 0.4) is 0 Å². The third-order valence-electron chi connectivity index (χ3n) is 2.53. The molecule has 0 aliphatic heterocycles. The fourth-order valence-corrected chi connectivity index (χ4v) is 3.13. The van der Waals surface area contributed by atoms with E-state index in [2.05, 4.69) is 26.2 Å². The Morgan fingerprint density at radius 1 is 1.29 bits per heavy atom. The Bertz CT molecular complexity index is 214. The van der Waals surface area contributed by atoms with Gasteiger partial charge >= 0.3 is 0 Å². The molecule has 0 saturated carbocycles. The second-order valence-electron chi connectivity index (χ2n) is 5.50. The molecule has 0 heterocycles. The lowest BCUT2D eigenvalue weighted by atomic mass is 9.96.